The molecule has 1 aromatic carbocycles. The highest BCUT2D eigenvalue weighted by molar-refractivity contribution is 7.16. The number of thiazole rings is 1. The van der Waals surface area contributed by atoms with Crippen LogP contribution >= 0.6 is 11.3 Å². The van der Waals surface area contributed by atoms with Gasteiger partial charge in [-0.15, -0.1) is 11.3 Å². The molecule has 2 aromatic heterocycles. The summed E-state index contributed by atoms with van der Waals surface area (Å²) in [5.41, 5.74) is 0.132. The molecule has 0 aliphatic rings. The Labute approximate surface area is 132 Å². The van der Waals surface area contributed by atoms with E-state index in [1.807, 2.05) is 0 Å². The molecule has 0 unspecified atom stereocenters. The number of imidazole rings is 1. The fourth-order valence-corrected chi connectivity index (χ4v) is 2.97. The predicted octanol–water partition coefficient (Wildman–Crippen LogP) is 3.16. The molecule has 2 N–H and O–H groups in total. The molecule has 1 amide bonds. The molecule has 120 valence electrons. The van der Waals surface area contributed by atoms with Crippen molar-refractivity contribution in [2.75, 3.05) is 5.32 Å². The number of aliphatic hydroxyl groups is 1. The fourth-order valence-electron chi connectivity index (χ4n) is 2.02. The number of carbonyl (C=O) groups excluding carboxylic acids is 1. The molecule has 0 saturated heterocycles. The Bertz CT molecular complexity index is 852. The van der Waals surface area contributed by atoms with Crippen molar-refractivity contribution in [2.45, 2.75) is 12.8 Å². The van der Waals surface area contributed by atoms with E-state index in [1.54, 1.807) is 12.1 Å². The molecular weight excluding hydrogens is 331 g/mol. The number of aromatic nitrogens is 2. The molecule has 0 atom stereocenters. The van der Waals surface area contributed by atoms with E-state index >= 15 is 0 Å². The van der Waals surface area contributed by atoms with E-state index in [4.69, 9.17) is 5.11 Å². The number of hydrogen-bond donors (Lipinski definition) is 2. The molecule has 2 heterocycles. The number of carbonyl (C=O) groups is 1. The lowest BCUT2D eigenvalue weighted by molar-refractivity contribution is -0.141. The van der Waals surface area contributed by atoms with Crippen LogP contribution in [0.15, 0.2) is 36.0 Å². The van der Waals surface area contributed by atoms with Crippen LogP contribution in [-0.4, -0.2) is 20.4 Å². The van der Waals surface area contributed by atoms with Gasteiger partial charge in [0.15, 0.2) is 5.82 Å². The number of aliphatic hydroxyl groups excluding tert-OH is 1. The van der Waals surface area contributed by atoms with Crippen LogP contribution in [0.1, 0.15) is 21.6 Å². The third-order valence-electron chi connectivity index (χ3n) is 3.19. The maximum Gasteiger partial charge on any atom is 0.432 e. The van der Waals surface area contributed by atoms with Gasteiger partial charge in [0.2, 0.25) is 0 Å². The standard InChI is InChI=1S/C14H10F3N3O2S/c15-14(16,17)10-6-23-13-11(18-7-20(10)13)19-12(22)9-3-1-8(5-21)2-4-9/h1-4,6-7,21H,5H2,(H,19,22). The molecule has 0 fully saturated rings. The number of benzene rings is 1. The van der Waals surface area contributed by atoms with Crippen LogP contribution in [0.25, 0.3) is 4.83 Å². The lowest BCUT2D eigenvalue weighted by Crippen LogP contribution is -2.12. The highest BCUT2D eigenvalue weighted by Gasteiger charge is 2.35. The van der Waals surface area contributed by atoms with E-state index in [0.717, 1.165) is 27.4 Å². The van der Waals surface area contributed by atoms with Crippen LogP contribution in [0.2, 0.25) is 0 Å². The molecule has 0 bridgehead atoms. The number of hydrogen-bond acceptors (Lipinski definition) is 4. The molecule has 0 aliphatic carbocycles. The maximum atomic E-state index is 12.8. The molecule has 0 saturated carbocycles. The van der Waals surface area contributed by atoms with Crippen LogP contribution < -0.4 is 5.32 Å². The summed E-state index contributed by atoms with van der Waals surface area (Å²) in [7, 11) is 0. The summed E-state index contributed by atoms with van der Waals surface area (Å²) in [4.78, 5) is 16.2. The van der Waals surface area contributed by atoms with Gasteiger partial charge in [0, 0.05) is 10.9 Å². The number of alkyl halides is 3. The zero-order valence-corrected chi connectivity index (χ0v) is 12.3. The number of halogens is 3. The zero-order valence-electron chi connectivity index (χ0n) is 11.5. The summed E-state index contributed by atoms with van der Waals surface area (Å²) in [6, 6.07) is 6.21. The van der Waals surface area contributed by atoms with E-state index in [9.17, 15) is 18.0 Å². The second-order valence-electron chi connectivity index (χ2n) is 4.70. The highest BCUT2D eigenvalue weighted by Crippen LogP contribution is 2.35. The number of rotatable bonds is 3. The first-order chi connectivity index (χ1) is 10.9. The first kappa shape index (κ1) is 15.5. The Morgan fingerprint density at radius 1 is 1.30 bits per heavy atom. The third kappa shape index (κ3) is 2.92. The molecule has 23 heavy (non-hydrogen) atoms. The van der Waals surface area contributed by atoms with E-state index < -0.39 is 17.8 Å². The first-order valence-electron chi connectivity index (χ1n) is 6.43. The van der Waals surface area contributed by atoms with Gasteiger partial charge in [0.25, 0.3) is 5.91 Å². The van der Waals surface area contributed by atoms with Gasteiger partial charge in [0.1, 0.15) is 16.9 Å². The predicted molar refractivity (Wildman–Crippen MR) is 78.4 cm³/mol. The Kier molecular flexibility index (Phi) is 3.82. The summed E-state index contributed by atoms with van der Waals surface area (Å²) in [5.74, 6) is -0.418. The van der Waals surface area contributed by atoms with Gasteiger partial charge in [-0.25, -0.2) is 4.98 Å². The molecule has 5 nitrogen and oxygen atoms in total. The summed E-state index contributed by atoms with van der Waals surface area (Å²) in [6.07, 6.45) is -3.46. The van der Waals surface area contributed by atoms with Crippen molar-refractivity contribution in [1.29, 1.82) is 0 Å². The second kappa shape index (κ2) is 5.67. The van der Waals surface area contributed by atoms with Crippen LogP contribution in [-0.2, 0) is 12.8 Å². The van der Waals surface area contributed by atoms with Gasteiger partial charge in [-0.3, -0.25) is 9.20 Å². The summed E-state index contributed by atoms with van der Waals surface area (Å²) >= 11 is 0.850. The van der Waals surface area contributed by atoms with Crippen LogP contribution in [0.4, 0.5) is 19.0 Å². The monoisotopic (exact) mass is 341 g/mol. The molecule has 9 heteroatoms. The van der Waals surface area contributed by atoms with Gasteiger partial charge >= 0.3 is 6.18 Å². The fraction of sp³-hybridized carbons (Fsp3) is 0.143. The van der Waals surface area contributed by atoms with E-state index in [-0.39, 0.29) is 17.3 Å². The largest absolute Gasteiger partial charge is 0.432 e. The van der Waals surface area contributed by atoms with Crippen LogP contribution in [0, 0.1) is 0 Å². The molecular formula is C14H10F3N3O2S. The second-order valence-corrected chi connectivity index (χ2v) is 5.55. The minimum absolute atomic E-state index is 0.0711. The Balaban J connectivity index is 1.86. The van der Waals surface area contributed by atoms with Crippen molar-refractivity contribution < 1.29 is 23.1 Å². The zero-order chi connectivity index (χ0) is 16.6. The average Bonchev–Trinajstić information content (AvgIpc) is 3.09. The van der Waals surface area contributed by atoms with Crippen LogP contribution in [0.5, 0.6) is 0 Å². The van der Waals surface area contributed by atoms with Gasteiger partial charge < -0.3 is 10.4 Å². The highest BCUT2D eigenvalue weighted by atomic mass is 32.1. The minimum atomic E-state index is -4.49. The lowest BCUT2D eigenvalue weighted by Gasteiger charge is -2.04. The van der Waals surface area contributed by atoms with Gasteiger partial charge in [-0.2, -0.15) is 13.2 Å². The molecule has 3 rings (SSSR count). The Morgan fingerprint density at radius 2 is 2.00 bits per heavy atom. The average molecular weight is 341 g/mol. The summed E-state index contributed by atoms with van der Waals surface area (Å²) < 4.78 is 39.3. The van der Waals surface area contributed by atoms with E-state index in [2.05, 4.69) is 10.3 Å². The quantitative estimate of drug-likeness (QED) is 0.769. The lowest BCUT2D eigenvalue weighted by atomic mass is 10.1. The van der Waals surface area contributed by atoms with Crippen molar-refractivity contribution in [2.24, 2.45) is 0 Å². The first-order valence-corrected chi connectivity index (χ1v) is 7.31. The van der Waals surface area contributed by atoms with E-state index in [0.29, 0.717) is 11.1 Å². The third-order valence-corrected chi connectivity index (χ3v) is 4.14. The number of fused-ring (bicyclic) bond motifs is 1. The molecule has 0 radical (unpaired) electrons. The van der Waals surface area contributed by atoms with Gasteiger partial charge in [-0.05, 0) is 17.7 Å². The smallest absolute Gasteiger partial charge is 0.392 e. The normalized spacial score (nSPS) is 11.8. The Morgan fingerprint density at radius 3 is 2.61 bits per heavy atom. The maximum absolute atomic E-state index is 12.8. The van der Waals surface area contributed by atoms with Crippen molar-refractivity contribution in [3.8, 4) is 0 Å². The minimum Gasteiger partial charge on any atom is -0.392 e. The van der Waals surface area contributed by atoms with Crippen LogP contribution in [0.3, 0.4) is 0 Å². The van der Waals surface area contributed by atoms with Gasteiger partial charge in [-0.1, -0.05) is 12.1 Å². The van der Waals surface area contributed by atoms with Crippen molar-refractivity contribution in [3.05, 3.63) is 52.8 Å². The SMILES string of the molecule is O=C(Nc1ncn2c(C(F)(F)F)csc12)c1ccc(CO)cc1. The van der Waals surface area contributed by atoms with Crippen molar-refractivity contribution in [1.82, 2.24) is 9.38 Å². The molecule has 0 aliphatic heterocycles. The molecule has 0 spiro atoms. The topological polar surface area (TPSA) is 66.6 Å². The van der Waals surface area contributed by atoms with Crippen molar-refractivity contribution >= 4 is 27.9 Å². The number of nitrogens with zero attached hydrogens (tertiary/aromatic N) is 2. The number of amides is 1. The van der Waals surface area contributed by atoms with Gasteiger partial charge in [0.05, 0.1) is 6.61 Å². The van der Waals surface area contributed by atoms with Crippen molar-refractivity contribution in [3.63, 3.8) is 0 Å². The summed E-state index contributed by atoms with van der Waals surface area (Å²) in [6.45, 7) is -0.140. The summed E-state index contributed by atoms with van der Waals surface area (Å²) in [5, 5.41) is 12.4. The molecule has 3 aromatic rings. The Hall–Kier alpha value is -2.39. The van der Waals surface area contributed by atoms with E-state index in [1.165, 1.54) is 12.1 Å². The number of nitrogens with one attached hydrogen (secondary N) is 1. The number of anilines is 1.